The summed E-state index contributed by atoms with van der Waals surface area (Å²) >= 11 is 0. The maximum absolute atomic E-state index is 12.0. The van der Waals surface area contributed by atoms with Crippen LogP contribution in [0.15, 0.2) is 0 Å². The first-order valence-electron chi connectivity index (χ1n) is 9.92. The standard InChI is InChI=1S/C20H38O4/c1-5-17(18(6-2)20(22)24-8-4)15-13-11-9-10-12-14-16-19(21)23-7-3/h17-18H,5-16H2,1-4H3. The number of carbonyl (C=O) groups is 2. The van der Waals surface area contributed by atoms with Crippen molar-refractivity contribution in [1.29, 1.82) is 0 Å². The number of ether oxygens (including phenoxy) is 2. The summed E-state index contributed by atoms with van der Waals surface area (Å²) in [4.78, 5) is 23.2. The third-order valence-electron chi connectivity index (χ3n) is 4.63. The molecule has 0 spiro atoms. The molecule has 0 aliphatic heterocycles. The minimum atomic E-state index is -0.0761. The third-order valence-corrected chi connectivity index (χ3v) is 4.63. The molecule has 0 aromatic heterocycles. The Hall–Kier alpha value is -1.06. The van der Waals surface area contributed by atoms with E-state index in [-0.39, 0.29) is 17.9 Å². The third kappa shape index (κ3) is 10.7. The van der Waals surface area contributed by atoms with Crippen molar-refractivity contribution in [3.8, 4) is 0 Å². The van der Waals surface area contributed by atoms with E-state index in [1.54, 1.807) is 0 Å². The van der Waals surface area contributed by atoms with Gasteiger partial charge in [0.1, 0.15) is 0 Å². The molecule has 4 heteroatoms. The monoisotopic (exact) mass is 342 g/mol. The second kappa shape index (κ2) is 15.5. The van der Waals surface area contributed by atoms with Crippen LogP contribution in [0.3, 0.4) is 0 Å². The van der Waals surface area contributed by atoms with Crippen LogP contribution in [0.4, 0.5) is 0 Å². The average Bonchev–Trinajstić information content (AvgIpc) is 2.56. The highest BCUT2D eigenvalue weighted by Gasteiger charge is 2.26. The number of carbonyl (C=O) groups excluding carboxylic acids is 2. The summed E-state index contributed by atoms with van der Waals surface area (Å²) in [6.07, 6.45) is 10.3. The van der Waals surface area contributed by atoms with E-state index in [0.717, 1.165) is 32.1 Å². The van der Waals surface area contributed by atoms with Gasteiger partial charge in [-0.05, 0) is 39.0 Å². The molecule has 0 radical (unpaired) electrons. The van der Waals surface area contributed by atoms with E-state index < -0.39 is 0 Å². The van der Waals surface area contributed by atoms with Crippen molar-refractivity contribution in [2.24, 2.45) is 11.8 Å². The zero-order chi connectivity index (χ0) is 18.2. The van der Waals surface area contributed by atoms with Crippen LogP contribution in [0.5, 0.6) is 0 Å². The van der Waals surface area contributed by atoms with Crippen LogP contribution in [0, 0.1) is 11.8 Å². The molecule has 0 aromatic carbocycles. The van der Waals surface area contributed by atoms with Crippen molar-refractivity contribution in [3.05, 3.63) is 0 Å². The lowest BCUT2D eigenvalue weighted by molar-refractivity contribution is -0.150. The molecule has 0 aliphatic carbocycles. The molecule has 0 heterocycles. The molecule has 142 valence electrons. The predicted octanol–water partition coefficient (Wildman–Crippen LogP) is 5.29. The predicted molar refractivity (Wildman–Crippen MR) is 97.8 cm³/mol. The largest absolute Gasteiger partial charge is 0.466 e. The Bertz CT molecular complexity index is 328. The first-order valence-corrected chi connectivity index (χ1v) is 9.92. The van der Waals surface area contributed by atoms with Gasteiger partial charge in [-0.3, -0.25) is 9.59 Å². The summed E-state index contributed by atoms with van der Waals surface area (Å²) in [5, 5.41) is 0. The fourth-order valence-electron chi connectivity index (χ4n) is 3.25. The highest BCUT2D eigenvalue weighted by Crippen LogP contribution is 2.26. The number of rotatable bonds is 15. The summed E-state index contributed by atoms with van der Waals surface area (Å²) in [5.41, 5.74) is 0. The Morgan fingerprint density at radius 2 is 1.33 bits per heavy atom. The molecule has 0 amide bonds. The van der Waals surface area contributed by atoms with Gasteiger partial charge in [-0.2, -0.15) is 0 Å². The van der Waals surface area contributed by atoms with Crippen LogP contribution < -0.4 is 0 Å². The quantitative estimate of drug-likeness (QED) is 0.300. The van der Waals surface area contributed by atoms with Crippen molar-refractivity contribution in [2.75, 3.05) is 13.2 Å². The van der Waals surface area contributed by atoms with Gasteiger partial charge in [0, 0.05) is 6.42 Å². The van der Waals surface area contributed by atoms with Gasteiger partial charge >= 0.3 is 11.9 Å². The topological polar surface area (TPSA) is 52.6 Å². The molecule has 2 atom stereocenters. The van der Waals surface area contributed by atoms with Gasteiger partial charge in [-0.25, -0.2) is 0 Å². The first kappa shape index (κ1) is 22.9. The SMILES string of the molecule is CCOC(=O)CCCCCCCCC(CC)C(CC)C(=O)OCC. The highest BCUT2D eigenvalue weighted by molar-refractivity contribution is 5.72. The van der Waals surface area contributed by atoms with Crippen molar-refractivity contribution in [2.45, 2.75) is 91.9 Å². The molecule has 0 rings (SSSR count). The fraction of sp³-hybridized carbons (Fsp3) is 0.900. The normalized spacial score (nSPS) is 13.3. The summed E-state index contributed by atoms with van der Waals surface area (Å²) in [5.74, 6) is 0.399. The molecule has 0 bridgehead atoms. The molecule has 24 heavy (non-hydrogen) atoms. The molecule has 0 aromatic rings. The summed E-state index contributed by atoms with van der Waals surface area (Å²) in [7, 11) is 0. The highest BCUT2D eigenvalue weighted by atomic mass is 16.5. The second-order valence-corrected chi connectivity index (χ2v) is 6.40. The van der Waals surface area contributed by atoms with E-state index >= 15 is 0 Å². The van der Waals surface area contributed by atoms with Crippen LogP contribution in [0.25, 0.3) is 0 Å². The van der Waals surface area contributed by atoms with Gasteiger partial charge in [0.15, 0.2) is 0 Å². The molecule has 0 N–H and O–H groups in total. The van der Waals surface area contributed by atoms with Crippen LogP contribution in [0.1, 0.15) is 91.9 Å². The summed E-state index contributed by atoms with van der Waals surface area (Å²) in [6, 6.07) is 0. The number of unbranched alkanes of at least 4 members (excludes halogenated alkanes) is 5. The zero-order valence-corrected chi connectivity index (χ0v) is 16.3. The first-order chi connectivity index (χ1) is 11.6. The average molecular weight is 343 g/mol. The van der Waals surface area contributed by atoms with Crippen molar-refractivity contribution < 1.29 is 19.1 Å². The zero-order valence-electron chi connectivity index (χ0n) is 16.3. The molecular formula is C20H38O4. The van der Waals surface area contributed by atoms with Gasteiger partial charge in [-0.1, -0.05) is 52.4 Å². The van der Waals surface area contributed by atoms with E-state index in [1.807, 2.05) is 13.8 Å². The van der Waals surface area contributed by atoms with Gasteiger partial charge in [0.05, 0.1) is 19.1 Å². The van der Waals surface area contributed by atoms with Gasteiger partial charge < -0.3 is 9.47 Å². The minimum absolute atomic E-state index is 0.0224. The maximum Gasteiger partial charge on any atom is 0.309 e. The number of hydrogen-bond donors (Lipinski definition) is 0. The molecular weight excluding hydrogens is 304 g/mol. The minimum Gasteiger partial charge on any atom is -0.466 e. The Kier molecular flexibility index (Phi) is 14.8. The van der Waals surface area contributed by atoms with E-state index in [0.29, 0.717) is 25.6 Å². The van der Waals surface area contributed by atoms with Crippen LogP contribution in [-0.2, 0) is 19.1 Å². The Balaban J connectivity index is 3.79. The lowest BCUT2D eigenvalue weighted by Gasteiger charge is -2.23. The van der Waals surface area contributed by atoms with Crippen LogP contribution in [-0.4, -0.2) is 25.2 Å². The van der Waals surface area contributed by atoms with Crippen LogP contribution >= 0.6 is 0 Å². The maximum atomic E-state index is 12.0. The van der Waals surface area contributed by atoms with Crippen molar-refractivity contribution in [3.63, 3.8) is 0 Å². The fourth-order valence-corrected chi connectivity index (χ4v) is 3.25. The number of hydrogen-bond acceptors (Lipinski definition) is 4. The molecule has 0 fully saturated rings. The molecule has 2 unspecified atom stereocenters. The lowest BCUT2D eigenvalue weighted by atomic mass is 9.84. The summed E-state index contributed by atoms with van der Waals surface area (Å²) in [6.45, 7) is 8.90. The Morgan fingerprint density at radius 3 is 1.88 bits per heavy atom. The van der Waals surface area contributed by atoms with Gasteiger partial charge in [-0.15, -0.1) is 0 Å². The van der Waals surface area contributed by atoms with E-state index in [9.17, 15) is 9.59 Å². The molecule has 0 saturated carbocycles. The molecule has 0 saturated heterocycles. The van der Waals surface area contributed by atoms with Crippen molar-refractivity contribution in [1.82, 2.24) is 0 Å². The smallest absolute Gasteiger partial charge is 0.309 e. The summed E-state index contributed by atoms with van der Waals surface area (Å²) < 4.78 is 10.1. The molecule has 4 nitrogen and oxygen atoms in total. The van der Waals surface area contributed by atoms with Gasteiger partial charge in [0.2, 0.25) is 0 Å². The van der Waals surface area contributed by atoms with E-state index in [1.165, 1.54) is 25.7 Å². The second-order valence-electron chi connectivity index (χ2n) is 6.40. The Morgan fingerprint density at radius 1 is 0.750 bits per heavy atom. The van der Waals surface area contributed by atoms with Crippen molar-refractivity contribution >= 4 is 11.9 Å². The van der Waals surface area contributed by atoms with E-state index in [2.05, 4.69) is 13.8 Å². The van der Waals surface area contributed by atoms with Crippen LogP contribution in [0.2, 0.25) is 0 Å². The lowest BCUT2D eigenvalue weighted by Crippen LogP contribution is -2.25. The number of esters is 2. The van der Waals surface area contributed by atoms with E-state index in [4.69, 9.17) is 9.47 Å². The molecule has 0 aliphatic rings. The Labute approximate surface area is 148 Å². The van der Waals surface area contributed by atoms with Gasteiger partial charge in [0.25, 0.3) is 0 Å².